The van der Waals surface area contributed by atoms with Crippen molar-refractivity contribution in [2.75, 3.05) is 32.8 Å². The summed E-state index contributed by atoms with van der Waals surface area (Å²) in [5.41, 5.74) is 1.25. The molecule has 3 heteroatoms. The van der Waals surface area contributed by atoms with Gasteiger partial charge >= 0.3 is 0 Å². The summed E-state index contributed by atoms with van der Waals surface area (Å²) in [7, 11) is 0. The molecule has 100 valence electrons. The highest BCUT2D eigenvalue weighted by Gasteiger charge is 2.16. The Morgan fingerprint density at radius 1 is 1.44 bits per heavy atom. The molecule has 1 fully saturated rings. The van der Waals surface area contributed by atoms with Crippen LogP contribution in [0.25, 0.3) is 0 Å². The van der Waals surface area contributed by atoms with Crippen molar-refractivity contribution >= 4 is 0 Å². The van der Waals surface area contributed by atoms with E-state index < -0.39 is 0 Å². The van der Waals surface area contributed by atoms with E-state index in [1.165, 1.54) is 5.56 Å². The van der Waals surface area contributed by atoms with E-state index in [-0.39, 0.29) is 0 Å². The maximum atomic E-state index is 5.77. The van der Waals surface area contributed by atoms with E-state index in [9.17, 15) is 0 Å². The molecule has 0 amide bonds. The lowest BCUT2D eigenvalue weighted by Gasteiger charge is -2.33. The number of nitrogens with one attached hydrogen (secondary N) is 1. The van der Waals surface area contributed by atoms with Crippen molar-refractivity contribution in [2.24, 2.45) is 0 Å². The molecule has 18 heavy (non-hydrogen) atoms. The standard InChI is InChI=1S/C15H24N2O/c1-13-5-3-6-15(11-13)18-10-4-8-17-9-7-16-12-14(17)2/h3,5-6,11,14,16H,4,7-10,12H2,1-2H3. The van der Waals surface area contributed by atoms with Crippen molar-refractivity contribution in [3.63, 3.8) is 0 Å². The van der Waals surface area contributed by atoms with E-state index in [1.807, 2.05) is 12.1 Å². The van der Waals surface area contributed by atoms with E-state index in [0.29, 0.717) is 6.04 Å². The fourth-order valence-electron chi connectivity index (χ4n) is 2.38. The van der Waals surface area contributed by atoms with Crippen LogP contribution in [0.1, 0.15) is 18.9 Å². The number of ether oxygens (including phenoxy) is 1. The van der Waals surface area contributed by atoms with Crippen LogP contribution in [0.5, 0.6) is 5.75 Å². The molecule has 1 aliphatic rings. The van der Waals surface area contributed by atoms with Gasteiger partial charge in [-0.2, -0.15) is 0 Å². The average Bonchev–Trinajstić information content (AvgIpc) is 2.37. The molecule has 0 spiro atoms. The maximum Gasteiger partial charge on any atom is 0.119 e. The van der Waals surface area contributed by atoms with Gasteiger partial charge in [0.15, 0.2) is 0 Å². The normalized spacial score (nSPS) is 20.9. The Hall–Kier alpha value is -1.06. The minimum Gasteiger partial charge on any atom is -0.494 e. The Morgan fingerprint density at radius 2 is 2.33 bits per heavy atom. The summed E-state index contributed by atoms with van der Waals surface area (Å²) in [6.07, 6.45) is 1.10. The Kier molecular flexibility index (Phi) is 5.02. The molecule has 0 bridgehead atoms. The Bertz CT molecular complexity index is 367. The Balaban J connectivity index is 1.66. The van der Waals surface area contributed by atoms with Crippen LogP contribution in [0.2, 0.25) is 0 Å². The van der Waals surface area contributed by atoms with E-state index in [2.05, 4.69) is 36.2 Å². The lowest BCUT2D eigenvalue weighted by Crippen LogP contribution is -2.50. The first kappa shape index (κ1) is 13.4. The van der Waals surface area contributed by atoms with Gasteiger partial charge in [-0.05, 0) is 38.0 Å². The molecular weight excluding hydrogens is 224 g/mol. The number of aryl methyl sites for hydroxylation is 1. The number of hydrogen-bond donors (Lipinski definition) is 1. The summed E-state index contributed by atoms with van der Waals surface area (Å²) in [5, 5.41) is 3.41. The molecule has 3 nitrogen and oxygen atoms in total. The van der Waals surface area contributed by atoms with Gasteiger partial charge < -0.3 is 10.1 Å². The van der Waals surface area contributed by atoms with Gasteiger partial charge in [-0.1, -0.05) is 12.1 Å². The number of hydrogen-bond acceptors (Lipinski definition) is 3. The molecule has 1 atom stereocenters. The zero-order valence-electron chi connectivity index (χ0n) is 11.5. The summed E-state index contributed by atoms with van der Waals surface area (Å²) in [4.78, 5) is 2.54. The minimum absolute atomic E-state index is 0.651. The van der Waals surface area contributed by atoms with Crippen LogP contribution >= 0.6 is 0 Å². The summed E-state index contributed by atoms with van der Waals surface area (Å²) >= 11 is 0. The number of rotatable bonds is 5. The van der Waals surface area contributed by atoms with Crippen molar-refractivity contribution in [2.45, 2.75) is 26.3 Å². The molecule has 2 rings (SSSR count). The van der Waals surface area contributed by atoms with Crippen LogP contribution < -0.4 is 10.1 Å². The van der Waals surface area contributed by atoms with Crippen LogP contribution in [0.3, 0.4) is 0 Å². The minimum atomic E-state index is 0.651. The van der Waals surface area contributed by atoms with Gasteiger partial charge in [-0.3, -0.25) is 4.90 Å². The van der Waals surface area contributed by atoms with Gasteiger partial charge in [-0.15, -0.1) is 0 Å². The van der Waals surface area contributed by atoms with Gasteiger partial charge in [0.2, 0.25) is 0 Å². The zero-order valence-corrected chi connectivity index (χ0v) is 11.5. The van der Waals surface area contributed by atoms with Gasteiger partial charge in [0.05, 0.1) is 6.61 Å². The topological polar surface area (TPSA) is 24.5 Å². The summed E-state index contributed by atoms with van der Waals surface area (Å²) < 4.78 is 5.77. The van der Waals surface area contributed by atoms with Crippen LogP contribution in [0.4, 0.5) is 0 Å². The number of nitrogens with zero attached hydrogens (tertiary/aromatic N) is 1. The molecule has 1 aliphatic heterocycles. The SMILES string of the molecule is Cc1cccc(OCCCN2CCNCC2C)c1. The van der Waals surface area contributed by atoms with Gasteiger partial charge in [-0.25, -0.2) is 0 Å². The second kappa shape index (κ2) is 6.76. The first-order chi connectivity index (χ1) is 8.75. The summed E-state index contributed by atoms with van der Waals surface area (Å²) in [5.74, 6) is 0.989. The highest BCUT2D eigenvalue weighted by molar-refractivity contribution is 5.27. The first-order valence-corrected chi connectivity index (χ1v) is 6.90. The highest BCUT2D eigenvalue weighted by atomic mass is 16.5. The predicted octanol–water partition coefficient (Wildman–Crippen LogP) is 2.06. The molecule has 1 aromatic rings. The van der Waals surface area contributed by atoms with E-state index >= 15 is 0 Å². The van der Waals surface area contributed by atoms with Crippen molar-refractivity contribution in [3.05, 3.63) is 29.8 Å². The van der Waals surface area contributed by atoms with Crippen molar-refractivity contribution in [3.8, 4) is 5.75 Å². The van der Waals surface area contributed by atoms with Gasteiger partial charge in [0.25, 0.3) is 0 Å². The lowest BCUT2D eigenvalue weighted by atomic mass is 10.2. The summed E-state index contributed by atoms with van der Waals surface area (Å²) in [6.45, 7) is 9.70. The number of piperazine rings is 1. The van der Waals surface area contributed by atoms with Crippen LogP contribution in [0.15, 0.2) is 24.3 Å². The second-order valence-electron chi connectivity index (χ2n) is 5.11. The Morgan fingerprint density at radius 3 is 3.11 bits per heavy atom. The molecule has 1 N–H and O–H groups in total. The third kappa shape index (κ3) is 4.00. The van der Waals surface area contributed by atoms with Crippen LogP contribution in [-0.2, 0) is 0 Å². The molecular formula is C15H24N2O. The van der Waals surface area contributed by atoms with Crippen molar-refractivity contribution < 1.29 is 4.74 Å². The zero-order chi connectivity index (χ0) is 12.8. The fourth-order valence-corrected chi connectivity index (χ4v) is 2.38. The van der Waals surface area contributed by atoms with Gasteiger partial charge in [0.1, 0.15) is 5.75 Å². The van der Waals surface area contributed by atoms with E-state index in [4.69, 9.17) is 4.74 Å². The molecule has 1 heterocycles. The molecule has 1 aromatic carbocycles. The third-order valence-corrected chi connectivity index (χ3v) is 3.49. The van der Waals surface area contributed by atoms with Crippen LogP contribution in [-0.4, -0.2) is 43.7 Å². The predicted molar refractivity (Wildman–Crippen MR) is 75.2 cm³/mol. The maximum absolute atomic E-state index is 5.77. The molecule has 1 unspecified atom stereocenters. The second-order valence-corrected chi connectivity index (χ2v) is 5.11. The molecule has 1 saturated heterocycles. The lowest BCUT2D eigenvalue weighted by molar-refractivity contribution is 0.160. The van der Waals surface area contributed by atoms with Crippen molar-refractivity contribution in [1.82, 2.24) is 10.2 Å². The van der Waals surface area contributed by atoms with Crippen LogP contribution in [0, 0.1) is 6.92 Å². The van der Waals surface area contributed by atoms with E-state index in [0.717, 1.165) is 45.0 Å². The fraction of sp³-hybridized carbons (Fsp3) is 0.600. The summed E-state index contributed by atoms with van der Waals surface area (Å²) in [6, 6.07) is 8.91. The third-order valence-electron chi connectivity index (χ3n) is 3.49. The smallest absolute Gasteiger partial charge is 0.119 e. The van der Waals surface area contributed by atoms with Gasteiger partial charge in [0, 0.05) is 32.2 Å². The Labute approximate surface area is 110 Å². The first-order valence-electron chi connectivity index (χ1n) is 6.90. The average molecular weight is 248 g/mol. The highest BCUT2D eigenvalue weighted by Crippen LogP contribution is 2.12. The molecule has 0 aromatic heterocycles. The quantitative estimate of drug-likeness (QED) is 0.807. The number of benzene rings is 1. The van der Waals surface area contributed by atoms with E-state index in [1.54, 1.807) is 0 Å². The molecule has 0 aliphatic carbocycles. The largest absolute Gasteiger partial charge is 0.494 e. The monoisotopic (exact) mass is 248 g/mol. The van der Waals surface area contributed by atoms with Crippen molar-refractivity contribution in [1.29, 1.82) is 0 Å². The molecule has 0 radical (unpaired) electrons. The molecule has 0 saturated carbocycles.